The first kappa shape index (κ1) is 22.2. The number of rotatable bonds is 3. The fourth-order valence-corrected chi connectivity index (χ4v) is 3.28. The Labute approximate surface area is 183 Å². The number of carbonyl (C=O) groups is 1. The van der Waals surface area contributed by atoms with Gasteiger partial charge in [-0.1, -0.05) is 17.7 Å². The first-order valence-electron chi connectivity index (χ1n) is 9.42. The number of ether oxygens (including phenoxy) is 1. The summed E-state index contributed by atoms with van der Waals surface area (Å²) in [5.74, 6) is -0.534. The van der Waals surface area contributed by atoms with Crippen LogP contribution in [0.5, 0.6) is 0 Å². The molecule has 1 N–H and O–H groups in total. The van der Waals surface area contributed by atoms with Gasteiger partial charge in [0.15, 0.2) is 0 Å². The Morgan fingerprint density at radius 2 is 2.03 bits per heavy atom. The van der Waals surface area contributed by atoms with Crippen LogP contribution in [0, 0.1) is 17.1 Å². The van der Waals surface area contributed by atoms with Crippen LogP contribution >= 0.6 is 11.6 Å². The normalized spacial score (nSPS) is 12.3. The van der Waals surface area contributed by atoms with E-state index in [1.165, 1.54) is 10.6 Å². The van der Waals surface area contributed by atoms with Crippen LogP contribution < -0.4 is 10.9 Å². The van der Waals surface area contributed by atoms with E-state index < -0.39 is 29.1 Å². The van der Waals surface area contributed by atoms with E-state index in [0.29, 0.717) is 11.3 Å². The van der Waals surface area contributed by atoms with Crippen molar-refractivity contribution in [1.29, 1.82) is 5.26 Å². The van der Waals surface area contributed by atoms with Gasteiger partial charge in [0.05, 0.1) is 39.3 Å². The van der Waals surface area contributed by atoms with E-state index in [2.05, 4.69) is 10.3 Å². The van der Waals surface area contributed by atoms with Gasteiger partial charge >= 0.3 is 6.09 Å². The highest BCUT2D eigenvalue weighted by Crippen LogP contribution is 2.25. The van der Waals surface area contributed by atoms with Crippen LogP contribution in [-0.2, 0) is 4.74 Å². The van der Waals surface area contributed by atoms with E-state index in [4.69, 9.17) is 16.3 Å². The average Bonchev–Trinajstić information content (AvgIpc) is 2.66. The summed E-state index contributed by atoms with van der Waals surface area (Å²) in [5, 5.41) is 11.8. The molecule has 31 heavy (non-hydrogen) atoms. The molecule has 0 bridgehead atoms. The first-order chi connectivity index (χ1) is 14.5. The highest BCUT2D eigenvalue weighted by molar-refractivity contribution is 6.35. The molecule has 3 aromatic rings. The van der Waals surface area contributed by atoms with Gasteiger partial charge in [0.25, 0.3) is 5.56 Å². The molecule has 0 fully saturated rings. The number of hydrogen-bond donors (Lipinski definition) is 1. The van der Waals surface area contributed by atoms with E-state index >= 15 is 0 Å². The van der Waals surface area contributed by atoms with Crippen LogP contribution in [0.2, 0.25) is 5.02 Å². The zero-order chi connectivity index (χ0) is 22.9. The Balaban J connectivity index is 2.24. The topological polar surface area (TPSA) is 97.0 Å². The maximum atomic E-state index is 13.9. The number of fused-ring (bicyclic) bond motifs is 1. The van der Waals surface area contributed by atoms with E-state index in [0.717, 1.165) is 12.1 Å². The van der Waals surface area contributed by atoms with Gasteiger partial charge in [0, 0.05) is 0 Å². The molecule has 2 aromatic carbocycles. The number of aromatic nitrogens is 2. The zero-order valence-corrected chi connectivity index (χ0v) is 18.1. The van der Waals surface area contributed by atoms with Crippen molar-refractivity contribution in [3.05, 3.63) is 69.0 Å². The van der Waals surface area contributed by atoms with Crippen molar-refractivity contribution in [2.75, 3.05) is 0 Å². The monoisotopic (exact) mass is 442 g/mol. The molecular weight excluding hydrogens is 423 g/mol. The molecule has 0 spiro atoms. The van der Waals surface area contributed by atoms with E-state index in [1.807, 2.05) is 6.07 Å². The summed E-state index contributed by atoms with van der Waals surface area (Å²) in [6.45, 7) is 6.80. The van der Waals surface area contributed by atoms with Crippen LogP contribution in [0.25, 0.3) is 16.6 Å². The molecule has 7 nitrogen and oxygen atoms in total. The van der Waals surface area contributed by atoms with Gasteiger partial charge in [-0.3, -0.25) is 9.36 Å². The molecule has 0 saturated carbocycles. The Kier molecular flexibility index (Phi) is 6.00. The summed E-state index contributed by atoms with van der Waals surface area (Å²) in [5.41, 5.74) is -0.544. The molecule has 1 heterocycles. The SMILES string of the molecule is C[C@H](NC(=O)OC(C)(C)C)c1nc2c(Cl)cc(F)cc2c(=O)n1-c1cccc(C#N)c1. The molecule has 0 aliphatic heterocycles. The number of benzene rings is 2. The Bertz CT molecular complexity index is 1270. The van der Waals surface area contributed by atoms with Gasteiger partial charge in [-0.2, -0.15) is 5.26 Å². The van der Waals surface area contributed by atoms with Crippen molar-refractivity contribution < 1.29 is 13.9 Å². The standard InChI is InChI=1S/C22H20ClFN4O3/c1-12(26-21(30)31-22(2,3)4)19-27-18-16(9-14(24)10-17(18)23)20(29)28(19)15-7-5-6-13(8-15)11-25/h5-10,12H,1-4H3,(H,26,30)/t12-/m0/s1. The third-order valence-electron chi connectivity index (χ3n) is 4.27. The molecule has 1 amide bonds. The summed E-state index contributed by atoms with van der Waals surface area (Å²) in [7, 11) is 0. The number of nitriles is 1. The third-order valence-corrected chi connectivity index (χ3v) is 4.56. The fourth-order valence-electron chi connectivity index (χ4n) is 3.04. The maximum Gasteiger partial charge on any atom is 0.408 e. The number of hydrogen-bond acceptors (Lipinski definition) is 5. The Morgan fingerprint density at radius 3 is 2.68 bits per heavy atom. The minimum Gasteiger partial charge on any atom is -0.444 e. The van der Waals surface area contributed by atoms with E-state index in [-0.39, 0.29) is 21.7 Å². The van der Waals surface area contributed by atoms with Crippen molar-refractivity contribution in [3.8, 4) is 11.8 Å². The van der Waals surface area contributed by atoms with Crippen molar-refractivity contribution in [2.45, 2.75) is 39.3 Å². The van der Waals surface area contributed by atoms with Crippen LogP contribution in [0.1, 0.15) is 45.1 Å². The van der Waals surface area contributed by atoms with Crippen molar-refractivity contribution in [2.24, 2.45) is 0 Å². The van der Waals surface area contributed by atoms with Gasteiger partial charge in [-0.25, -0.2) is 14.2 Å². The third kappa shape index (κ3) is 4.84. The molecule has 0 radical (unpaired) electrons. The second kappa shape index (κ2) is 8.36. The first-order valence-corrected chi connectivity index (χ1v) is 9.79. The minimum atomic E-state index is -0.779. The highest BCUT2D eigenvalue weighted by atomic mass is 35.5. The lowest BCUT2D eigenvalue weighted by atomic mass is 10.1. The quantitative estimate of drug-likeness (QED) is 0.637. The molecule has 0 unspecified atom stereocenters. The summed E-state index contributed by atoms with van der Waals surface area (Å²) < 4.78 is 20.5. The van der Waals surface area contributed by atoms with Gasteiger partial charge in [-0.05, 0) is 58.0 Å². The molecule has 0 aliphatic rings. The summed E-state index contributed by atoms with van der Waals surface area (Å²) in [6.07, 6.45) is -0.697. The highest BCUT2D eigenvalue weighted by Gasteiger charge is 2.24. The Morgan fingerprint density at radius 1 is 1.32 bits per heavy atom. The van der Waals surface area contributed by atoms with Crippen LogP contribution in [-0.4, -0.2) is 21.2 Å². The summed E-state index contributed by atoms with van der Waals surface area (Å²) >= 11 is 6.14. The Hall–Kier alpha value is -3.44. The van der Waals surface area contributed by atoms with E-state index in [9.17, 15) is 19.2 Å². The predicted octanol–water partition coefficient (Wildman–Crippen LogP) is 4.64. The molecule has 9 heteroatoms. The second-order valence-electron chi connectivity index (χ2n) is 7.92. The summed E-state index contributed by atoms with van der Waals surface area (Å²) in [6, 6.07) is 9.65. The number of halogens is 2. The fraction of sp³-hybridized carbons (Fsp3) is 0.273. The van der Waals surface area contributed by atoms with Crippen molar-refractivity contribution >= 4 is 28.6 Å². The molecule has 1 aromatic heterocycles. The molecule has 1 atom stereocenters. The molecular formula is C22H20ClFN4O3. The van der Waals surface area contributed by atoms with Crippen molar-refractivity contribution in [3.63, 3.8) is 0 Å². The summed E-state index contributed by atoms with van der Waals surface area (Å²) in [4.78, 5) is 30.1. The molecule has 160 valence electrons. The van der Waals surface area contributed by atoms with Gasteiger partial charge in [0.2, 0.25) is 0 Å². The van der Waals surface area contributed by atoms with Crippen LogP contribution in [0.4, 0.5) is 9.18 Å². The zero-order valence-electron chi connectivity index (χ0n) is 17.4. The van der Waals surface area contributed by atoms with Gasteiger partial charge < -0.3 is 10.1 Å². The van der Waals surface area contributed by atoms with Gasteiger partial charge in [-0.15, -0.1) is 0 Å². The lowest BCUT2D eigenvalue weighted by Crippen LogP contribution is -2.37. The average molecular weight is 443 g/mol. The van der Waals surface area contributed by atoms with Crippen molar-refractivity contribution in [1.82, 2.24) is 14.9 Å². The van der Waals surface area contributed by atoms with Crippen LogP contribution in [0.3, 0.4) is 0 Å². The minimum absolute atomic E-state index is 0.0272. The molecule has 3 rings (SSSR count). The number of carbonyl (C=O) groups excluding carboxylic acids is 1. The lowest BCUT2D eigenvalue weighted by molar-refractivity contribution is 0.0505. The maximum absolute atomic E-state index is 13.9. The molecule has 0 aliphatic carbocycles. The van der Waals surface area contributed by atoms with Gasteiger partial charge in [0.1, 0.15) is 17.2 Å². The second-order valence-corrected chi connectivity index (χ2v) is 8.33. The number of amides is 1. The smallest absolute Gasteiger partial charge is 0.408 e. The number of nitrogens with zero attached hydrogens (tertiary/aromatic N) is 3. The predicted molar refractivity (Wildman–Crippen MR) is 115 cm³/mol. The van der Waals surface area contributed by atoms with Crippen LogP contribution in [0.15, 0.2) is 41.2 Å². The van der Waals surface area contributed by atoms with E-state index in [1.54, 1.807) is 45.9 Å². The molecule has 0 saturated heterocycles. The largest absolute Gasteiger partial charge is 0.444 e. The number of nitrogens with one attached hydrogen (secondary N) is 1. The lowest BCUT2D eigenvalue weighted by Gasteiger charge is -2.23. The number of alkyl carbamates (subject to hydrolysis) is 1.